The van der Waals surface area contributed by atoms with Crippen LogP contribution in [0.4, 0.5) is 0 Å². The van der Waals surface area contributed by atoms with E-state index in [-0.39, 0.29) is 44.4 Å². The van der Waals surface area contributed by atoms with E-state index in [1.54, 1.807) is 6.07 Å². The summed E-state index contributed by atoms with van der Waals surface area (Å²) in [6.07, 6.45) is 0. The van der Waals surface area contributed by atoms with Gasteiger partial charge < -0.3 is 17.5 Å². The van der Waals surface area contributed by atoms with Crippen LogP contribution >= 0.6 is 0 Å². The van der Waals surface area contributed by atoms with Gasteiger partial charge in [0.2, 0.25) is 0 Å². The average molecular weight is 276 g/mol. The Labute approximate surface area is 105 Å². The molecular weight excluding hydrogens is 263 g/mol. The molecule has 1 aromatic rings. The third kappa shape index (κ3) is 4.29. The van der Waals surface area contributed by atoms with Crippen molar-refractivity contribution in [3.8, 4) is 5.75 Å². The SMILES string of the molecule is Cc1ccc(C(C)C)cc1[O-].[Cl-].[Zr+2]. The molecule has 0 fully saturated rings. The van der Waals surface area contributed by atoms with Gasteiger partial charge in [-0.05, 0) is 18.4 Å². The van der Waals surface area contributed by atoms with Crippen LogP contribution < -0.4 is 17.5 Å². The Morgan fingerprint density at radius 1 is 1.23 bits per heavy atom. The van der Waals surface area contributed by atoms with Gasteiger partial charge in [-0.2, -0.15) is 0 Å². The number of rotatable bonds is 1. The van der Waals surface area contributed by atoms with Gasteiger partial charge in [0.25, 0.3) is 0 Å². The first-order chi connectivity index (χ1) is 5.11. The largest absolute Gasteiger partial charge is 2.00 e. The van der Waals surface area contributed by atoms with E-state index in [2.05, 4.69) is 13.8 Å². The fraction of sp³-hybridized carbons (Fsp3) is 0.400. The Hall–Kier alpha value is 0.193. The zero-order valence-electron chi connectivity index (χ0n) is 8.10. The van der Waals surface area contributed by atoms with Crippen LogP contribution in [-0.4, -0.2) is 0 Å². The Bertz CT molecular complexity index is 261. The summed E-state index contributed by atoms with van der Waals surface area (Å²) in [6, 6.07) is 5.62. The standard InChI is InChI=1S/C10H14O.ClH.Zr/c1-7(2)9-5-4-8(3)10(11)6-9;;/h4-7,11H,1-3H3;1H;/q;;+2/p-2. The predicted molar refractivity (Wildman–Crippen MR) is 44.7 cm³/mol. The smallest absolute Gasteiger partial charge is 1.00 e. The maximum Gasteiger partial charge on any atom is 2.00 e. The molecule has 0 saturated carbocycles. The van der Waals surface area contributed by atoms with Crippen molar-refractivity contribution in [1.82, 2.24) is 0 Å². The fourth-order valence-electron chi connectivity index (χ4n) is 0.976. The molecule has 0 amide bonds. The molecule has 0 bridgehead atoms. The van der Waals surface area contributed by atoms with Gasteiger partial charge in [0.15, 0.2) is 0 Å². The molecule has 0 aliphatic heterocycles. The van der Waals surface area contributed by atoms with Gasteiger partial charge in [0.1, 0.15) is 0 Å². The molecule has 0 atom stereocenters. The summed E-state index contributed by atoms with van der Waals surface area (Å²) in [4.78, 5) is 0. The summed E-state index contributed by atoms with van der Waals surface area (Å²) in [5.74, 6) is 0.597. The molecule has 0 aliphatic rings. The topological polar surface area (TPSA) is 23.1 Å². The van der Waals surface area contributed by atoms with Crippen molar-refractivity contribution < 1.29 is 43.7 Å². The molecule has 1 rings (SSSR count). The van der Waals surface area contributed by atoms with Crippen LogP contribution in [0.25, 0.3) is 0 Å². The second-order valence-electron chi connectivity index (χ2n) is 3.18. The fourth-order valence-corrected chi connectivity index (χ4v) is 0.976. The molecule has 0 aromatic heterocycles. The number of halogens is 1. The maximum atomic E-state index is 11.1. The van der Waals surface area contributed by atoms with Crippen molar-refractivity contribution in [3.05, 3.63) is 29.3 Å². The molecule has 0 saturated heterocycles. The zero-order chi connectivity index (χ0) is 8.43. The van der Waals surface area contributed by atoms with Crippen molar-refractivity contribution in [1.29, 1.82) is 0 Å². The van der Waals surface area contributed by atoms with E-state index >= 15 is 0 Å². The Kier molecular flexibility index (Phi) is 7.97. The van der Waals surface area contributed by atoms with Gasteiger partial charge in [-0.25, -0.2) is 0 Å². The molecule has 1 nitrogen and oxygen atoms in total. The van der Waals surface area contributed by atoms with Crippen LogP contribution in [0.5, 0.6) is 5.75 Å². The van der Waals surface area contributed by atoms with Crippen LogP contribution in [0.2, 0.25) is 0 Å². The van der Waals surface area contributed by atoms with E-state index in [0.717, 1.165) is 11.1 Å². The molecule has 3 heteroatoms. The van der Waals surface area contributed by atoms with Crippen molar-refractivity contribution in [2.45, 2.75) is 26.7 Å². The van der Waals surface area contributed by atoms with Crippen molar-refractivity contribution >= 4 is 0 Å². The van der Waals surface area contributed by atoms with Gasteiger partial charge in [-0.1, -0.05) is 37.6 Å². The second kappa shape index (κ2) is 6.62. The van der Waals surface area contributed by atoms with Gasteiger partial charge in [-0.15, -0.1) is 5.75 Å². The van der Waals surface area contributed by atoms with Crippen LogP contribution in [0, 0.1) is 6.92 Å². The summed E-state index contributed by atoms with van der Waals surface area (Å²) in [7, 11) is 0. The van der Waals surface area contributed by atoms with E-state index in [4.69, 9.17) is 0 Å². The van der Waals surface area contributed by atoms with Gasteiger partial charge in [0.05, 0.1) is 0 Å². The first-order valence-electron chi connectivity index (χ1n) is 3.89. The molecule has 0 N–H and O–H groups in total. The van der Waals surface area contributed by atoms with E-state index in [1.807, 2.05) is 19.1 Å². The van der Waals surface area contributed by atoms with Crippen LogP contribution in [-0.2, 0) is 26.2 Å². The Balaban J connectivity index is 0. The van der Waals surface area contributed by atoms with E-state index < -0.39 is 0 Å². The summed E-state index contributed by atoms with van der Waals surface area (Å²) < 4.78 is 0. The molecule has 1 aromatic carbocycles. The number of benzene rings is 1. The average Bonchev–Trinajstić information content (AvgIpc) is 1.94. The third-order valence-electron chi connectivity index (χ3n) is 1.88. The molecule has 70 valence electrons. The second-order valence-corrected chi connectivity index (χ2v) is 3.18. The molecule has 0 spiro atoms. The van der Waals surface area contributed by atoms with E-state index in [0.29, 0.717) is 5.92 Å². The first kappa shape index (κ1) is 15.7. The van der Waals surface area contributed by atoms with Crippen molar-refractivity contribution in [2.24, 2.45) is 0 Å². The first-order valence-corrected chi connectivity index (χ1v) is 3.89. The molecule has 0 aliphatic carbocycles. The summed E-state index contributed by atoms with van der Waals surface area (Å²) >= 11 is 0. The number of aryl methyl sites for hydroxylation is 1. The van der Waals surface area contributed by atoms with Gasteiger partial charge in [0, 0.05) is 0 Å². The normalized spacial score (nSPS) is 8.92. The van der Waals surface area contributed by atoms with Crippen LogP contribution in [0.3, 0.4) is 0 Å². The quantitative estimate of drug-likeness (QED) is 0.658. The number of hydrogen-bond acceptors (Lipinski definition) is 1. The zero-order valence-corrected chi connectivity index (χ0v) is 11.3. The van der Waals surface area contributed by atoms with Crippen molar-refractivity contribution in [3.63, 3.8) is 0 Å². The Morgan fingerprint density at radius 3 is 2.15 bits per heavy atom. The minimum atomic E-state index is 0. The minimum Gasteiger partial charge on any atom is -1.00 e. The summed E-state index contributed by atoms with van der Waals surface area (Å²) in [6.45, 7) is 6.01. The van der Waals surface area contributed by atoms with Gasteiger partial charge in [-0.3, -0.25) is 0 Å². The summed E-state index contributed by atoms with van der Waals surface area (Å²) in [5.41, 5.74) is 1.95. The third-order valence-corrected chi connectivity index (χ3v) is 1.88. The van der Waals surface area contributed by atoms with Crippen LogP contribution in [0.15, 0.2) is 18.2 Å². The molecule has 0 radical (unpaired) electrons. The van der Waals surface area contributed by atoms with E-state index in [1.165, 1.54) is 0 Å². The molecule has 13 heavy (non-hydrogen) atoms. The molecule has 0 unspecified atom stereocenters. The van der Waals surface area contributed by atoms with Gasteiger partial charge >= 0.3 is 26.2 Å². The van der Waals surface area contributed by atoms with Crippen molar-refractivity contribution in [2.75, 3.05) is 0 Å². The van der Waals surface area contributed by atoms with Crippen LogP contribution in [0.1, 0.15) is 30.9 Å². The monoisotopic (exact) mass is 274 g/mol. The number of hydrogen-bond donors (Lipinski definition) is 0. The predicted octanol–water partition coefficient (Wildman–Crippen LogP) is -0.806. The summed E-state index contributed by atoms with van der Waals surface area (Å²) in [5, 5.41) is 11.1. The Morgan fingerprint density at radius 2 is 1.77 bits per heavy atom. The maximum absolute atomic E-state index is 11.1. The minimum absolute atomic E-state index is 0. The molecule has 0 heterocycles. The molecular formula is C10H13ClOZr. The van der Waals surface area contributed by atoms with E-state index in [9.17, 15) is 5.11 Å².